The molecule has 0 saturated carbocycles. The molecule has 1 aliphatic rings. The molecular formula is C24H17Cl2IN2O3S. The van der Waals surface area contributed by atoms with E-state index < -0.39 is 0 Å². The topological polar surface area (TPSA) is 62.1 Å². The zero-order chi connectivity index (χ0) is 23.5. The number of amides is 1. The molecule has 1 heterocycles. The van der Waals surface area contributed by atoms with Gasteiger partial charge in [0, 0.05) is 10.0 Å². The Labute approximate surface area is 219 Å². The van der Waals surface area contributed by atoms with Crippen LogP contribution in [0.3, 0.4) is 0 Å². The van der Waals surface area contributed by atoms with E-state index in [9.17, 15) is 9.90 Å². The van der Waals surface area contributed by atoms with Crippen LogP contribution in [0, 0.1) is 3.57 Å². The van der Waals surface area contributed by atoms with Gasteiger partial charge in [-0.15, -0.1) is 0 Å². The van der Waals surface area contributed by atoms with Gasteiger partial charge in [0.1, 0.15) is 0 Å². The molecule has 33 heavy (non-hydrogen) atoms. The maximum Gasteiger partial charge on any atom is 0.271 e. The number of nitrogens with zero attached hydrogens (tertiary/aromatic N) is 2. The molecule has 0 aliphatic carbocycles. The van der Waals surface area contributed by atoms with Gasteiger partial charge in [0.25, 0.3) is 5.91 Å². The Morgan fingerprint density at radius 2 is 1.73 bits per heavy atom. The van der Waals surface area contributed by atoms with Crippen molar-refractivity contribution in [3.63, 3.8) is 0 Å². The van der Waals surface area contributed by atoms with E-state index in [4.69, 9.17) is 27.9 Å². The molecule has 1 N–H and O–H groups in total. The molecule has 0 spiro atoms. The minimum Gasteiger partial charge on any atom is -0.504 e. The number of aromatic hydroxyl groups is 1. The van der Waals surface area contributed by atoms with Crippen LogP contribution in [0.1, 0.15) is 12.5 Å². The molecule has 1 saturated heterocycles. The van der Waals surface area contributed by atoms with Gasteiger partial charge in [-0.3, -0.25) is 9.69 Å². The van der Waals surface area contributed by atoms with Crippen LogP contribution >= 0.6 is 57.6 Å². The van der Waals surface area contributed by atoms with Crippen molar-refractivity contribution in [1.29, 1.82) is 0 Å². The van der Waals surface area contributed by atoms with Crippen LogP contribution in [0.4, 0.5) is 11.4 Å². The van der Waals surface area contributed by atoms with Gasteiger partial charge in [-0.05, 0) is 114 Å². The second-order valence-electron chi connectivity index (χ2n) is 6.88. The number of phenols is 1. The second-order valence-corrected chi connectivity index (χ2v) is 9.93. The first kappa shape index (κ1) is 23.9. The first-order chi connectivity index (χ1) is 15.9. The van der Waals surface area contributed by atoms with E-state index in [-0.39, 0.29) is 11.7 Å². The van der Waals surface area contributed by atoms with Crippen molar-refractivity contribution in [2.45, 2.75) is 6.92 Å². The lowest BCUT2D eigenvalue weighted by Gasteiger charge is -2.15. The Kier molecular flexibility index (Phi) is 7.53. The number of hydrogen-bond donors (Lipinski definition) is 1. The highest BCUT2D eigenvalue weighted by Gasteiger charge is 2.35. The Morgan fingerprint density at radius 1 is 1.09 bits per heavy atom. The number of amidine groups is 1. The Morgan fingerprint density at radius 3 is 2.36 bits per heavy atom. The van der Waals surface area contributed by atoms with Crippen molar-refractivity contribution >= 4 is 86.1 Å². The highest BCUT2D eigenvalue weighted by Crippen LogP contribution is 2.39. The molecule has 1 amide bonds. The molecule has 9 heteroatoms. The average molecular weight is 611 g/mol. The number of anilines is 1. The number of rotatable bonds is 5. The van der Waals surface area contributed by atoms with Gasteiger partial charge in [-0.2, -0.15) is 0 Å². The third-order valence-electron chi connectivity index (χ3n) is 4.59. The van der Waals surface area contributed by atoms with Crippen LogP contribution in [0.2, 0.25) is 10.0 Å². The lowest BCUT2D eigenvalue weighted by Crippen LogP contribution is -2.28. The number of carbonyl (C=O) groups is 1. The van der Waals surface area contributed by atoms with Crippen molar-refractivity contribution in [3.05, 3.63) is 84.7 Å². The Hall–Kier alpha value is -2.20. The molecule has 0 atom stereocenters. The summed E-state index contributed by atoms with van der Waals surface area (Å²) in [5.41, 5.74) is 2.07. The monoisotopic (exact) mass is 610 g/mol. The van der Waals surface area contributed by atoms with Crippen molar-refractivity contribution in [3.8, 4) is 11.5 Å². The lowest BCUT2D eigenvalue weighted by atomic mass is 10.2. The van der Waals surface area contributed by atoms with Crippen LogP contribution < -0.4 is 9.64 Å². The summed E-state index contributed by atoms with van der Waals surface area (Å²) in [4.78, 5) is 20.2. The van der Waals surface area contributed by atoms with Gasteiger partial charge in [-0.25, -0.2) is 4.99 Å². The van der Waals surface area contributed by atoms with E-state index in [1.165, 1.54) is 11.8 Å². The van der Waals surface area contributed by atoms with Crippen molar-refractivity contribution < 1.29 is 14.6 Å². The number of ether oxygens (including phenoxy) is 1. The van der Waals surface area contributed by atoms with Crippen molar-refractivity contribution in [2.75, 3.05) is 11.5 Å². The predicted molar refractivity (Wildman–Crippen MR) is 145 cm³/mol. The quantitative estimate of drug-likeness (QED) is 0.240. The summed E-state index contributed by atoms with van der Waals surface area (Å²) in [6.07, 6.45) is 1.77. The number of carbonyl (C=O) groups excluding carboxylic acids is 1. The summed E-state index contributed by atoms with van der Waals surface area (Å²) < 4.78 is 6.16. The van der Waals surface area contributed by atoms with Gasteiger partial charge in [0.05, 0.1) is 26.5 Å². The third kappa shape index (κ3) is 5.48. The van der Waals surface area contributed by atoms with E-state index in [1.807, 2.05) is 29.5 Å². The van der Waals surface area contributed by atoms with Gasteiger partial charge >= 0.3 is 0 Å². The van der Waals surface area contributed by atoms with Crippen LogP contribution in [0.25, 0.3) is 6.08 Å². The molecule has 3 aromatic rings. The van der Waals surface area contributed by atoms with Crippen molar-refractivity contribution in [1.82, 2.24) is 0 Å². The highest BCUT2D eigenvalue weighted by molar-refractivity contribution is 14.1. The molecule has 0 radical (unpaired) electrons. The predicted octanol–water partition coefficient (Wildman–Crippen LogP) is 7.51. The minimum absolute atomic E-state index is 0.0813. The lowest BCUT2D eigenvalue weighted by molar-refractivity contribution is -0.113. The largest absolute Gasteiger partial charge is 0.504 e. The fourth-order valence-corrected chi connectivity index (χ4v) is 4.96. The molecule has 3 aromatic carbocycles. The summed E-state index contributed by atoms with van der Waals surface area (Å²) in [6, 6.07) is 17.6. The van der Waals surface area contributed by atoms with E-state index in [0.29, 0.717) is 47.4 Å². The van der Waals surface area contributed by atoms with Crippen LogP contribution in [-0.4, -0.2) is 22.8 Å². The Balaban J connectivity index is 1.77. The maximum absolute atomic E-state index is 13.4. The first-order valence-electron chi connectivity index (χ1n) is 9.85. The molecule has 4 rings (SSSR count). The van der Waals surface area contributed by atoms with E-state index in [0.717, 1.165) is 5.56 Å². The third-order valence-corrected chi connectivity index (χ3v) is 6.89. The Bertz CT molecular complexity index is 1260. The normalized spacial score (nSPS) is 16.1. The number of benzene rings is 3. The SMILES string of the molecule is CCOc1cc(/C=C2\SC(=Nc3ccc(Cl)cc3)N(c3ccc(Cl)cc3)C2=O)cc(I)c1O. The second kappa shape index (κ2) is 10.4. The molecule has 0 bridgehead atoms. The maximum atomic E-state index is 13.4. The zero-order valence-corrected chi connectivity index (χ0v) is 21.7. The number of hydrogen-bond acceptors (Lipinski definition) is 5. The van der Waals surface area contributed by atoms with Crippen LogP contribution in [0.5, 0.6) is 11.5 Å². The average Bonchev–Trinajstić information content (AvgIpc) is 3.08. The summed E-state index contributed by atoms with van der Waals surface area (Å²) >= 11 is 15.3. The summed E-state index contributed by atoms with van der Waals surface area (Å²) in [7, 11) is 0. The molecular weight excluding hydrogens is 594 g/mol. The van der Waals surface area contributed by atoms with Crippen molar-refractivity contribution in [2.24, 2.45) is 4.99 Å². The van der Waals surface area contributed by atoms with Gasteiger partial charge < -0.3 is 9.84 Å². The zero-order valence-electron chi connectivity index (χ0n) is 17.3. The minimum atomic E-state index is -0.212. The number of thioether (sulfide) groups is 1. The molecule has 0 unspecified atom stereocenters. The molecule has 168 valence electrons. The van der Waals surface area contributed by atoms with Crippen LogP contribution in [0.15, 0.2) is 70.6 Å². The van der Waals surface area contributed by atoms with Crippen LogP contribution in [-0.2, 0) is 4.79 Å². The molecule has 0 aromatic heterocycles. The number of phenolic OH excluding ortho intramolecular Hbond substituents is 1. The number of halogens is 3. The fourth-order valence-electron chi connectivity index (χ4n) is 3.09. The molecule has 1 fully saturated rings. The standard InChI is InChI=1S/C24H17Cl2IN2O3S/c1-2-32-20-12-14(11-19(27)22(20)30)13-21-23(31)29(18-9-5-16(26)6-10-18)24(33-21)28-17-7-3-15(25)4-8-17/h3-13,30H,2H2,1H3/b21-13-,28-24?. The van der Waals surface area contributed by atoms with E-state index in [1.54, 1.807) is 71.6 Å². The highest BCUT2D eigenvalue weighted by atomic mass is 127. The summed E-state index contributed by atoms with van der Waals surface area (Å²) in [6.45, 7) is 2.26. The van der Waals surface area contributed by atoms with Gasteiger partial charge in [0.2, 0.25) is 0 Å². The molecule has 1 aliphatic heterocycles. The van der Waals surface area contributed by atoms with Gasteiger partial charge in [-0.1, -0.05) is 23.2 Å². The summed E-state index contributed by atoms with van der Waals surface area (Å²) in [5, 5.41) is 11.9. The van der Waals surface area contributed by atoms with E-state index in [2.05, 4.69) is 4.99 Å². The summed E-state index contributed by atoms with van der Waals surface area (Å²) in [5.74, 6) is 0.241. The smallest absolute Gasteiger partial charge is 0.271 e. The van der Waals surface area contributed by atoms with Gasteiger partial charge in [0.15, 0.2) is 16.7 Å². The number of aliphatic imine (C=N–C) groups is 1. The fraction of sp³-hybridized carbons (Fsp3) is 0.0833. The molecule has 5 nitrogen and oxygen atoms in total. The first-order valence-corrected chi connectivity index (χ1v) is 12.5. The van der Waals surface area contributed by atoms with E-state index >= 15 is 0 Å².